The highest BCUT2D eigenvalue weighted by atomic mass is 19.1. The van der Waals surface area contributed by atoms with Gasteiger partial charge in [-0.2, -0.15) is 0 Å². The van der Waals surface area contributed by atoms with Crippen molar-refractivity contribution in [2.24, 2.45) is 0 Å². The summed E-state index contributed by atoms with van der Waals surface area (Å²) in [4.78, 5) is 0. The summed E-state index contributed by atoms with van der Waals surface area (Å²) in [6, 6.07) is 8.52. The van der Waals surface area contributed by atoms with Crippen LogP contribution in [0.1, 0.15) is 37.5 Å². The Bertz CT molecular complexity index is 527. The first kappa shape index (κ1) is 12.4. The maximum atomic E-state index is 12.9. The first-order valence-electron chi connectivity index (χ1n) is 6.79. The molecule has 19 heavy (non-hydrogen) atoms. The van der Waals surface area contributed by atoms with Gasteiger partial charge in [0.2, 0.25) is 0 Å². The third-order valence-electron chi connectivity index (χ3n) is 3.57. The summed E-state index contributed by atoms with van der Waals surface area (Å²) >= 11 is 0. The second-order valence-electron chi connectivity index (χ2n) is 4.98. The average Bonchev–Trinajstić information content (AvgIpc) is 2.76. The SMILES string of the molecule is Fc1ccc(-c2cc([C@H]3CCCCCN3)on2)cc1. The van der Waals surface area contributed by atoms with Crippen molar-refractivity contribution in [2.75, 3.05) is 6.54 Å². The van der Waals surface area contributed by atoms with Crippen LogP contribution in [0.15, 0.2) is 34.9 Å². The second kappa shape index (κ2) is 5.53. The first-order chi connectivity index (χ1) is 9.33. The fourth-order valence-electron chi connectivity index (χ4n) is 2.48. The predicted octanol–water partition coefficient (Wildman–Crippen LogP) is 3.69. The Morgan fingerprint density at radius 3 is 2.84 bits per heavy atom. The molecule has 2 heterocycles. The molecule has 1 aromatic heterocycles. The fraction of sp³-hybridized carbons (Fsp3) is 0.400. The van der Waals surface area contributed by atoms with E-state index in [1.54, 1.807) is 12.1 Å². The monoisotopic (exact) mass is 260 g/mol. The van der Waals surface area contributed by atoms with Crippen molar-refractivity contribution in [3.8, 4) is 11.3 Å². The van der Waals surface area contributed by atoms with E-state index in [0.29, 0.717) is 0 Å². The van der Waals surface area contributed by atoms with E-state index < -0.39 is 0 Å². The predicted molar refractivity (Wildman–Crippen MR) is 71.1 cm³/mol. The molecule has 3 nitrogen and oxygen atoms in total. The molecule has 0 spiro atoms. The van der Waals surface area contributed by atoms with Crippen LogP contribution in [0.5, 0.6) is 0 Å². The summed E-state index contributed by atoms with van der Waals surface area (Å²) in [5, 5.41) is 7.56. The number of nitrogens with one attached hydrogen (secondary N) is 1. The molecule has 0 bridgehead atoms. The van der Waals surface area contributed by atoms with E-state index in [2.05, 4.69) is 10.5 Å². The Labute approximate surface area is 111 Å². The van der Waals surface area contributed by atoms with E-state index in [-0.39, 0.29) is 11.9 Å². The molecule has 1 N–H and O–H groups in total. The first-order valence-corrected chi connectivity index (χ1v) is 6.79. The minimum absolute atomic E-state index is 0.238. The lowest BCUT2D eigenvalue weighted by atomic mass is 10.1. The highest BCUT2D eigenvalue weighted by molar-refractivity contribution is 5.58. The molecule has 0 amide bonds. The topological polar surface area (TPSA) is 38.1 Å². The van der Waals surface area contributed by atoms with Crippen molar-refractivity contribution in [3.63, 3.8) is 0 Å². The summed E-state index contributed by atoms with van der Waals surface area (Å²) in [6.07, 6.45) is 4.78. The van der Waals surface area contributed by atoms with E-state index in [1.807, 2.05) is 6.07 Å². The maximum absolute atomic E-state index is 12.9. The molecule has 0 aliphatic carbocycles. The molecule has 1 aliphatic heterocycles. The van der Waals surface area contributed by atoms with Crippen molar-refractivity contribution >= 4 is 0 Å². The van der Waals surface area contributed by atoms with Crippen molar-refractivity contribution < 1.29 is 8.91 Å². The summed E-state index contributed by atoms with van der Waals surface area (Å²) in [5.74, 6) is 0.638. The third kappa shape index (κ3) is 2.84. The Kier molecular flexibility index (Phi) is 3.60. The van der Waals surface area contributed by atoms with Gasteiger partial charge in [-0.05, 0) is 43.7 Å². The Morgan fingerprint density at radius 2 is 2.00 bits per heavy atom. The zero-order valence-electron chi connectivity index (χ0n) is 10.7. The van der Waals surface area contributed by atoms with Crippen LogP contribution in [0.3, 0.4) is 0 Å². The fourth-order valence-corrected chi connectivity index (χ4v) is 2.48. The van der Waals surface area contributed by atoms with Gasteiger partial charge < -0.3 is 9.84 Å². The van der Waals surface area contributed by atoms with Gasteiger partial charge in [-0.3, -0.25) is 0 Å². The summed E-state index contributed by atoms with van der Waals surface area (Å²) in [6.45, 7) is 1.03. The molecule has 100 valence electrons. The highest BCUT2D eigenvalue weighted by Gasteiger charge is 2.18. The number of hydrogen-bond acceptors (Lipinski definition) is 3. The third-order valence-corrected chi connectivity index (χ3v) is 3.57. The lowest BCUT2D eigenvalue weighted by Gasteiger charge is -2.10. The van der Waals surface area contributed by atoms with Crippen LogP contribution in [-0.4, -0.2) is 11.7 Å². The molecular weight excluding hydrogens is 243 g/mol. The van der Waals surface area contributed by atoms with Gasteiger partial charge >= 0.3 is 0 Å². The van der Waals surface area contributed by atoms with Crippen molar-refractivity contribution in [1.82, 2.24) is 10.5 Å². The van der Waals surface area contributed by atoms with E-state index >= 15 is 0 Å². The second-order valence-corrected chi connectivity index (χ2v) is 4.98. The molecule has 1 aliphatic rings. The van der Waals surface area contributed by atoms with Crippen LogP contribution in [-0.2, 0) is 0 Å². The van der Waals surface area contributed by atoms with Gasteiger partial charge in [-0.1, -0.05) is 18.0 Å². The van der Waals surface area contributed by atoms with Crippen LogP contribution < -0.4 is 5.32 Å². The average molecular weight is 260 g/mol. The van der Waals surface area contributed by atoms with Gasteiger partial charge in [0.25, 0.3) is 0 Å². The molecule has 0 unspecified atom stereocenters. The Hall–Kier alpha value is -1.68. The van der Waals surface area contributed by atoms with E-state index in [0.717, 1.165) is 30.0 Å². The minimum atomic E-state index is -0.238. The van der Waals surface area contributed by atoms with Crippen molar-refractivity contribution in [1.29, 1.82) is 0 Å². The lowest BCUT2D eigenvalue weighted by molar-refractivity contribution is 0.336. The van der Waals surface area contributed by atoms with Crippen molar-refractivity contribution in [3.05, 3.63) is 41.9 Å². The molecule has 0 radical (unpaired) electrons. The zero-order valence-corrected chi connectivity index (χ0v) is 10.7. The number of benzene rings is 1. The molecular formula is C15H17FN2O. The molecule has 1 fully saturated rings. The van der Waals surface area contributed by atoms with Gasteiger partial charge in [0.1, 0.15) is 11.5 Å². The largest absolute Gasteiger partial charge is 0.359 e. The lowest BCUT2D eigenvalue weighted by Crippen LogP contribution is -2.19. The van der Waals surface area contributed by atoms with Gasteiger partial charge in [0, 0.05) is 11.6 Å². The molecule has 0 saturated carbocycles. The number of hydrogen-bond donors (Lipinski definition) is 1. The Balaban J connectivity index is 1.80. The standard InChI is InChI=1S/C15H17FN2O/c16-12-7-5-11(6-8-12)14-10-15(19-18-14)13-4-2-1-3-9-17-13/h5-8,10,13,17H,1-4,9H2/t13-/m1/s1. The van der Waals surface area contributed by atoms with Gasteiger partial charge in [0.15, 0.2) is 5.76 Å². The van der Waals surface area contributed by atoms with E-state index in [9.17, 15) is 4.39 Å². The minimum Gasteiger partial charge on any atom is -0.359 e. The van der Waals surface area contributed by atoms with Crippen LogP contribution in [0, 0.1) is 5.82 Å². The Morgan fingerprint density at radius 1 is 1.16 bits per heavy atom. The van der Waals surface area contributed by atoms with Crippen LogP contribution in [0.2, 0.25) is 0 Å². The molecule has 1 aromatic carbocycles. The van der Waals surface area contributed by atoms with Gasteiger partial charge in [-0.25, -0.2) is 4.39 Å². The molecule has 4 heteroatoms. The van der Waals surface area contributed by atoms with E-state index in [4.69, 9.17) is 4.52 Å². The smallest absolute Gasteiger partial charge is 0.154 e. The number of halogens is 1. The van der Waals surface area contributed by atoms with Crippen LogP contribution in [0.25, 0.3) is 11.3 Å². The van der Waals surface area contributed by atoms with Gasteiger partial charge in [0.05, 0.1) is 6.04 Å². The van der Waals surface area contributed by atoms with Crippen molar-refractivity contribution in [2.45, 2.75) is 31.7 Å². The zero-order chi connectivity index (χ0) is 13.1. The quantitative estimate of drug-likeness (QED) is 0.895. The normalized spacial score (nSPS) is 20.2. The summed E-state index contributed by atoms with van der Waals surface area (Å²) in [7, 11) is 0. The molecule has 2 aromatic rings. The van der Waals surface area contributed by atoms with Crippen LogP contribution in [0.4, 0.5) is 4.39 Å². The number of rotatable bonds is 2. The maximum Gasteiger partial charge on any atom is 0.154 e. The highest BCUT2D eigenvalue weighted by Crippen LogP contribution is 2.27. The molecule has 1 atom stereocenters. The molecule has 1 saturated heterocycles. The van der Waals surface area contributed by atoms with Crippen LogP contribution >= 0.6 is 0 Å². The van der Waals surface area contributed by atoms with E-state index in [1.165, 1.54) is 31.4 Å². The number of nitrogens with zero attached hydrogens (tertiary/aromatic N) is 1. The van der Waals surface area contributed by atoms with Gasteiger partial charge in [-0.15, -0.1) is 0 Å². The summed E-state index contributed by atoms with van der Waals surface area (Å²) in [5.41, 5.74) is 1.64. The summed E-state index contributed by atoms with van der Waals surface area (Å²) < 4.78 is 18.3. The molecule has 3 rings (SSSR count). The number of aromatic nitrogens is 1.